The van der Waals surface area contributed by atoms with E-state index in [4.69, 9.17) is 21.1 Å². The van der Waals surface area contributed by atoms with Crippen LogP contribution in [-0.2, 0) is 16.1 Å². The summed E-state index contributed by atoms with van der Waals surface area (Å²) in [4.78, 5) is 25.9. The minimum atomic E-state index is -0.295. The summed E-state index contributed by atoms with van der Waals surface area (Å²) in [7, 11) is 3.10. The van der Waals surface area contributed by atoms with Crippen molar-refractivity contribution in [2.75, 3.05) is 26.1 Å². The van der Waals surface area contributed by atoms with E-state index in [-0.39, 0.29) is 24.9 Å². The van der Waals surface area contributed by atoms with Gasteiger partial charge < -0.3 is 19.7 Å². The van der Waals surface area contributed by atoms with E-state index < -0.39 is 0 Å². The van der Waals surface area contributed by atoms with Gasteiger partial charge in [0.2, 0.25) is 11.8 Å². The Hall–Kier alpha value is -2.73. The van der Waals surface area contributed by atoms with E-state index in [0.29, 0.717) is 22.2 Å². The second kappa shape index (κ2) is 9.28. The van der Waals surface area contributed by atoms with Gasteiger partial charge in [0.1, 0.15) is 6.54 Å². The van der Waals surface area contributed by atoms with Gasteiger partial charge in [-0.15, -0.1) is 0 Å². The number of carbonyl (C=O) groups is 2. The molecule has 0 heterocycles. The van der Waals surface area contributed by atoms with Gasteiger partial charge in [-0.3, -0.25) is 9.59 Å². The Kier molecular flexibility index (Phi) is 7.07. The molecule has 0 unspecified atom stereocenters. The average molecular weight is 391 g/mol. The number of rotatable bonds is 7. The van der Waals surface area contributed by atoms with Gasteiger partial charge in [0.15, 0.2) is 11.5 Å². The van der Waals surface area contributed by atoms with Crippen LogP contribution < -0.4 is 14.8 Å². The molecule has 7 heteroatoms. The number of hydrogen-bond acceptors (Lipinski definition) is 4. The molecule has 2 amide bonds. The number of carbonyl (C=O) groups excluding carboxylic acids is 2. The first-order valence-corrected chi connectivity index (χ1v) is 8.74. The van der Waals surface area contributed by atoms with E-state index in [1.807, 2.05) is 19.1 Å². The van der Waals surface area contributed by atoms with Gasteiger partial charge in [-0.25, -0.2) is 0 Å². The van der Waals surface area contributed by atoms with Crippen LogP contribution in [0.1, 0.15) is 18.1 Å². The molecule has 2 aromatic rings. The standard InChI is InChI=1S/C20H23ClN2O4/c1-13-5-7-16(21)10-17(13)22-20(25)12-23(14(2)24)11-15-6-8-18(26-3)19(9-15)27-4/h5-10H,11-12H2,1-4H3,(H,22,25). The van der Waals surface area contributed by atoms with E-state index >= 15 is 0 Å². The second-order valence-electron chi connectivity index (χ2n) is 6.07. The third kappa shape index (κ3) is 5.62. The number of halogens is 1. The summed E-state index contributed by atoms with van der Waals surface area (Å²) >= 11 is 5.98. The smallest absolute Gasteiger partial charge is 0.244 e. The monoisotopic (exact) mass is 390 g/mol. The predicted molar refractivity (Wildman–Crippen MR) is 105 cm³/mol. The number of amides is 2. The van der Waals surface area contributed by atoms with Gasteiger partial charge in [-0.2, -0.15) is 0 Å². The third-order valence-electron chi connectivity index (χ3n) is 4.07. The molecule has 0 saturated heterocycles. The first-order chi connectivity index (χ1) is 12.8. The molecule has 0 aliphatic carbocycles. The summed E-state index contributed by atoms with van der Waals surface area (Å²) in [6.45, 7) is 3.50. The van der Waals surface area contributed by atoms with Gasteiger partial charge >= 0.3 is 0 Å². The van der Waals surface area contributed by atoms with Crippen molar-refractivity contribution >= 4 is 29.1 Å². The lowest BCUT2D eigenvalue weighted by molar-refractivity contribution is -0.133. The predicted octanol–water partition coefficient (Wildman–Crippen LogP) is 3.65. The zero-order valence-corrected chi connectivity index (χ0v) is 16.6. The molecule has 0 fully saturated rings. The summed E-state index contributed by atoms with van der Waals surface area (Å²) in [5, 5.41) is 3.33. The van der Waals surface area contributed by atoms with Gasteiger partial charge in [0.05, 0.1) is 14.2 Å². The Labute approximate surface area is 164 Å². The molecular weight excluding hydrogens is 368 g/mol. The first kappa shape index (κ1) is 20.6. The van der Waals surface area contributed by atoms with Crippen molar-refractivity contribution in [3.8, 4) is 11.5 Å². The van der Waals surface area contributed by atoms with E-state index in [1.165, 1.54) is 11.8 Å². The van der Waals surface area contributed by atoms with E-state index in [2.05, 4.69) is 5.32 Å². The molecule has 2 aromatic carbocycles. The van der Waals surface area contributed by atoms with Crippen LogP contribution in [0.4, 0.5) is 5.69 Å². The highest BCUT2D eigenvalue weighted by atomic mass is 35.5. The van der Waals surface area contributed by atoms with Crippen LogP contribution >= 0.6 is 11.6 Å². The van der Waals surface area contributed by atoms with Crippen LogP contribution in [0.15, 0.2) is 36.4 Å². The minimum Gasteiger partial charge on any atom is -0.493 e. The Bertz CT molecular complexity index is 839. The fraction of sp³-hybridized carbons (Fsp3) is 0.300. The first-order valence-electron chi connectivity index (χ1n) is 8.36. The number of ether oxygens (including phenoxy) is 2. The molecule has 27 heavy (non-hydrogen) atoms. The maximum absolute atomic E-state index is 12.4. The lowest BCUT2D eigenvalue weighted by Gasteiger charge is -2.21. The Morgan fingerprint density at radius 3 is 2.41 bits per heavy atom. The third-order valence-corrected chi connectivity index (χ3v) is 4.31. The van der Waals surface area contributed by atoms with Crippen LogP contribution in [0.2, 0.25) is 5.02 Å². The maximum Gasteiger partial charge on any atom is 0.244 e. The number of nitrogens with one attached hydrogen (secondary N) is 1. The van der Waals surface area contributed by atoms with E-state index in [1.54, 1.807) is 38.5 Å². The molecule has 2 rings (SSSR count). The van der Waals surface area contributed by atoms with Gasteiger partial charge in [-0.05, 0) is 42.3 Å². The molecule has 0 radical (unpaired) electrons. The molecule has 0 bridgehead atoms. The molecule has 0 aliphatic heterocycles. The van der Waals surface area contributed by atoms with Crippen LogP contribution in [0.25, 0.3) is 0 Å². The van der Waals surface area contributed by atoms with Crippen molar-refractivity contribution in [1.29, 1.82) is 0 Å². The molecular formula is C20H23ClN2O4. The van der Waals surface area contributed by atoms with E-state index in [0.717, 1.165) is 11.1 Å². The fourth-order valence-corrected chi connectivity index (χ4v) is 2.74. The summed E-state index contributed by atoms with van der Waals surface area (Å²) < 4.78 is 10.5. The zero-order chi connectivity index (χ0) is 20.0. The summed E-state index contributed by atoms with van der Waals surface area (Å²) in [5.41, 5.74) is 2.35. The Morgan fingerprint density at radius 2 is 1.78 bits per heavy atom. The number of aryl methyl sites for hydroxylation is 1. The quantitative estimate of drug-likeness (QED) is 0.783. The lowest BCUT2D eigenvalue weighted by atomic mass is 10.1. The number of hydrogen-bond donors (Lipinski definition) is 1. The van der Waals surface area contributed by atoms with E-state index in [9.17, 15) is 9.59 Å². The molecule has 0 saturated carbocycles. The lowest BCUT2D eigenvalue weighted by Crippen LogP contribution is -2.36. The van der Waals surface area contributed by atoms with Gasteiger partial charge in [0, 0.05) is 24.2 Å². The van der Waals surface area contributed by atoms with Crippen molar-refractivity contribution in [3.05, 3.63) is 52.5 Å². The maximum atomic E-state index is 12.4. The molecule has 0 aliphatic rings. The van der Waals surface area contributed by atoms with Crippen LogP contribution in [-0.4, -0.2) is 37.5 Å². The van der Waals surface area contributed by atoms with Crippen molar-refractivity contribution in [2.45, 2.75) is 20.4 Å². The van der Waals surface area contributed by atoms with Crippen molar-refractivity contribution in [3.63, 3.8) is 0 Å². The SMILES string of the molecule is COc1ccc(CN(CC(=O)Nc2cc(Cl)ccc2C)C(C)=O)cc1OC. The molecule has 0 atom stereocenters. The molecule has 1 N–H and O–H groups in total. The van der Waals surface area contributed by atoms with Gasteiger partial charge in [-0.1, -0.05) is 23.7 Å². The van der Waals surface area contributed by atoms with Crippen molar-refractivity contribution in [1.82, 2.24) is 4.90 Å². The van der Waals surface area contributed by atoms with Crippen LogP contribution in [0, 0.1) is 6.92 Å². The fourth-order valence-electron chi connectivity index (χ4n) is 2.57. The van der Waals surface area contributed by atoms with Crippen LogP contribution in [0.5, 0.6) is 11.5 Å². The molecule has 144 valence electrons. The van der Waals surface area contributed by atoms with Crippen molar-refractivity contribution in [2.24, 2.45) is 0 Å². The number of methoxy groups -OCH3 is 2. The van der Waals surface area contributed by atoms with Gasteiger partial charge in [0.25, 0.3) is 0 Å². The number of anilines is 1. The molecule has 0 aromatic heterocycles. The number of nitrogens with zero attached hydrogens (tertiary/aromatic N) is 1. The molecule has 6 nitrogen and oxygen atoms in total. The second-order valence-corrected chi connectivity index (χ2v) is 6.51. The summed E-state index contributed by atoms with van der Waals surface area (Å²) in [6.07, 6.45) is 0. The molecule has 0 spiro atoms. The normalized spacial score (nSPS) is 10.3. The van der Waals surface area contributed by atoms with Crippen molar-refractivity contribution < 1.29 is 19.1 Å². The largest absolute Gasteiger partial charge is 0.493 e. The summed E-state index contributed by atoms with van der Waals surface area (Å²) in [5.74, 6) is 0.668. The minimum absolute atomic E-state index is 0.0738. The zero-order valence-electron chi connectivity index (χ0n) is 15.8. The highest BCUT2D eigenvalue weighted by molar-refractivity contribution is 6.31. The highest BCUT2D eigenvalue weighted by Crippen LogP contribution is 2.28. The topological polar surface area (TPSA) is 67.9 Å². The highest BCUT2D eigenvalue weighted by Gasteiger charge is 2.16. The Balaban J connectivity index is 2.10. The number of benzene rings is 2. The summed E-state index contributed by atoms with van der Waals surface area (Å²) in [6, 6.07) is 10.6. The van der Waals surface area contributed by atoms with Crippen LogP contribution in [0.3, 0.4) is 0 Å². The average Bonchev–Trinajstić information content (AvgIpc) is 2.63. The Morgan fingerprint density at radius 1 is 1.07 bits per heavy atom.